The molecule has 0 bridgehead atoms. The molecule has 2 aromatic heterocycles. The van der Waals surface area contributed by atoms with Crippen molar-refractivity contribution in [1.82, 2.24) is 19.5 Å². The van der Waals surface area contributed by atoms with Crippen LogP contribution in [0.3, 0.4) is 0 Å². The Balaban J connectivity index is 0.000000960. The van der Waals surface area contributed by atoms with Gasteiger partial charge in [0.1, 0.15) is 0 Å². The number of aliphatic hydroxyl groups is 1. The number of anilines is 2. The van der Waals surface area contributed by atoms with Crippen LogP contribution in [-0.4, -0.2) is 37.3 Å². The van der Waals surface area contributed by atoms with E-state index in [4.69, 9.17) is 5.73 Å². The van der Waals surface area contributed by atoms with Gasteiger partial charge in [-0.1, -0.05) is 12.2 Å². The molecule has 4 N–H and O–H groups in total. The van der Waals surface area contributed by atoms with Gasteiger partial charge in [0.15, 0.2) is 17.0 Å². The number of hydrogen-bond acceptors (Lipinski definition) is 6. The second-order valence-electron chi connectivity index (χ2n) is 5.80. The maximum absolute atomic E-state index is 9.26. The number of imidazole rings is 1. The number of fused-ring (bicyclic) bond motifs is 1. The van der Waals surface area contributed by atoms with Crippen molar-refractivity contribution in [2.24, 2.45) is 5.92 Å². The molecule has 0 aromatic carbocycles. The van der Waals surface area contributed by atoms with Gasteiger partial charge in [-0.05, 0) is 19.3 Å². The fraction of sp³-hybridized carbons (Fsp3) is 0.500. The first-order valence-corrected chi connectivity index (χ1v) is 7.30. The lowest BCUT2D eigenvalue weighted by Gasteiger charge is -2.13. The second-order valence-corrected chi connectivity index (χ2v) is 5.80. The largest absolute Gasteiger partial charge is 0.396 e. The Labute approximate surface area is 146 Å². The van der Waals surface area contributed by atoms with Crippen molar-refractivity contribution in [3.8, 4) is 0 Å². The van der Waals surface area contributed by atoms with Crippen LogP contribution in [0.25, 0.3) is 11.2 Å². The average Bonchev–Trinajstić information content (AvgIpc) is 3.01. The van der Waals surface area contributed by atoms with E-state index in [-0.39, 0.29) is 49.3 Å². The standard InChI is InChI=1S/C14H18N6O.2ClH/c15-14-18-12(17-9-2-3-9)11-13(19-14)20(7-16-11)10-4-1-8(5-10)6-21;;/h1,4,7-10,21H,2-3,5-6H2,(H3,15,17,18,19);2*1H/t8-,10-;;/m0../s1. The van der Waals surface area contributed by atoms with Crippen LogP contribution in [0.4, 0.5) is 11.8 Å². The normalized spacial score (nSPS) is 22.7. The van der Waals surface area contributed by atoms with Crippen LogP contribution in [-0.2, 0) is 0 Å². The molecule has 2 aliphatic carbocycles. The van der Waals surface area contributed by atoms with E-state index >= 15 is 0 Å². The molecule has 2 atom stereocenters. The quantitative estimate of drug-likeness (QED) is 0.721. The number of hydrogen-bond donors (Lipinski definition) is 3. The summed E-state index contributed by atoms with van der Waals surface area (Å²) in [6.07, 6.45) is 9.10. The van der Waals surface area contributed by atoms with Gasteiger partial charge in [-0.2, -0.15) is 9.97 Å². The summed E-state index contributed by atoms with van der Waals surface area (Å²) in [5.74, 6) is 1.18. The van der Waals surface area contributed by atoms with Gasteiger partial charge < -0.3 is 20.7 Å². The van der Waals surface area contributed by atoms with Crippen LogP contribution < -0.4 is 11.1 Å². The predicted octanol–water partition coefficient (Wildman–Crippen LogP) is 1.94. The molecule has 0 unspecified atom stereocenters. The first-order valence-electron chi connectivity index (χ1n) is 7.30. The number of aliphatic hydroxyl groups excluding tert-OH is 1. The van der Waals surface area contributed by atoms with Gasteiger partial charge in [0.25, 0.3) is 0 Å². The Morgan fingerprint density at radius 2 is 2.04 bits per heavy atom. The Kier molecular flexibility index (Phi) is 5.33. The fourth-order valence-corrected chi connectivity index (χ4v) is 2.79. The van der Waals surface area contributed by atoms with E-state index in [1.165, 1.54) is 0 Å². The van der Waals surface area contributed by atoms with Crippen LogP contribution in [0.5, 0.6) is 0 Å². The maximum Gasteiger partial charge on any atom is 0.224 e. The highest BCUT2D eigenvalue weighted by Crippen LogP contribution is 2.32. The molecule has 2 heterocycles. The number of nitrogen functional groups attached to an aromatic ring is 1. The molecule has 126 valence electrons. The van der Waals surface area contributed by atoms with Gasteiger partial charge in [0, 0.05) is 18.6 Å². The fourth-order valence-electron chi connectivity index (χ4n) is 2.79. The zero-order valence-corrected chi connectivity index (χ0v) is 14.1. The monoisotopic (exact) mass is 358 g/mol. The van der Waals surface area contributed by atoms with Crippen molar-refractivity contribution >= 4 is 47.7 Å². The molecule has 7 nitrogen and oxygen atoms in total. The highest BCUT2D eigenvalue weighted by molar-refractivity contribution is 5.86. The zero-order valence-electron chi connectivity index (χ0n) is 12.4. The molecule has 0 saturated heterocycles. The summed E-state index contributed by atoms with van der Waals surface area (Å²) < 4.78 is 2.01. The maximum atomic E-state index is 9.26. The molecule has 0 spiro atoms. The van der Waals surface area contributed by atoms with E-state index in [1.807, 2.05) is 10.6 Å². The van der Waals surface area contributed by atoms with E-state index in [0.717, 1.165) is 36.2 Å². The zero-order chi connectivity index (χ0) is 14.4. The minimum atomic E-state index is 0. The lowest BCUT2D eigenvalue weighted by atomic mass is 10.1. The highest BCUT2D eigenvalue weighted by Gasteiger charge is 2.26. The molecule has 23 heavy (non-hydrogen) atoms. The molecule has 0 radical (unpaired) electrons. The number of nitrogens with zero attached hydrogens (tertiary/aromatic N) is 4. The van der Waals surface area contributed by atoms with Crippen LogP contribution in [0.1, 0.15) is 25.3 Å². The molecule has 1 fully saturated rings. The number of nitrogens with one attached hydrogen (secondary N) is 1. The minimum absolute atomic E-state index is 0. The van der Waals surface area contributed by atoms with E-state index in [2.05, 4.69) is 26.3 Å². The van der Waals surface area contributed by atoms with Crippen molar-refractivity contribution in [1.29, 1.82) is 0 Å². The third kappa shape index (κ3) is 3.36. The summed E-state index contributed by atoms with van der Waals surface area (Å²) in [6.45, 7) is 0.172. The number of halogens is 2. The molecule has 4 rings (SSSR count). The van der Waals surface area contributed by atoms with E-state index in [0.29, 0.717) is 6.04 Å². The molecular weight excluding hydrogens is 339 g/mol. The summed E-state index contributed by atoms with van der Waals surface area (Å²) in [5, 5.41) is 12.6. The van der Waals surface area contributed by atoms with Gasteiger partial charge in [0.2, 0.25) is 5.95 Å². The van der Waals surface area contributed by atoms with E-state index < -0.39 is 0 Å². The lowest BCUT2D eigenvalue weighted by Crippen LogP contribution is -2.10. The van der Waals surface area contributed by atoms with Gasteiger partial charge >= 0.3 is 0 Å². The second kappa shape index (κ2) is 6.90. The third-order valence-electron chi connectivity index (χ3n) is 4.10. The average molecular weight is 359 g/mol. The number of allylic oxidation sites excluding steroid dienone is 1. The third-order valence-corrected chi connectivity index (χ3v) is 4.10. The number of rotatable bonds is 4. The minimum Gasteiger partial charge on any atom is -0.396 e. The van der Waals surface area contributed by atoms with Crippen molar-refractivity contribution in [3.63, 3.8) is 0 Å². The van der Waals surface area contributed by atoms with E-state index in [1.54, 1.807) is 6.33 Å². The lowest BCUT2D eigenvalue weighted by molar-refractivity contribution is 0.244. The molecule has 2 aromatic rings. The van der Waals surface area contributed by atoms with Crippen LogP contribution >= 0.6 is 24.8 Å². The van der Waals surface area contributed by atoms with Crippen molar-refractivity contribution < 1.29 is 5.11 Å². The van der Waals surface area contributed by atoms with Gasteiger partial charge in [-0.3, -0.25) is 0 Å². The molecule has 2 aliphatic rings. The van der Waals surface area contributed by atoms with Gasteiger partial charge in [0.05, 0.1) is 12.4 Å². The molecular formula is C14H20Cl2N6O. The molecule has 9 heteroatoms. The van der Waals surface area contributed by atoms with Crippen LogP contribution in [0.2, 0.25) is 0 Å². The predicted molar refractivity (Wildman–Crippen MR) is 94.2 cm³/mol. The molecule has 0 amide bonds. The number of nitrogens with two attached hydrogens (primary N) is 1. The topological polar surface area (TPSA) is 102 Å². The SMILES string of the molecule is Cl.Cl.Nc1nc(NC2CC2)c2ncn([C@H]3C=C[C@H](CO)C3)c2n1. The van der Waals surface area contributed by atoms with Crippen molar-refractivity contribution in [3.05, 3.63) is 18.5 Å². The Morgan fingerprint density at radius 1 is 1.26 bits per heavy atom. The van der Waals surface area contributed by atoms with Crippen LogP contribution in [0, 0.1) is 5.92 Å². The first kappa shape index (κ1) is 17.8. The van der Waals surface area contributed by atoms with Crippen molar-refractivity contribution in [2.45, 2.75) is 31.3 Å². The summed E-state index contributed by atoms with van der Waals surface area (Å²) in [7, 11) is 0. The first-order chi connectivity index (χ1) is 10.2. The summed E-state index contributed by atoms with van der Waals surface area (Å²) in [4.78, 5) is 13.1. The summed E-state index contributed by atoms with van der Waals surface area (Å²) >= 11 is 0. The van der Waals surface area contributed by atoms with Gasteiger partial charge in [-0.25, -0.2) is 4.98 Å². The van der Waals surface area contributed by atoms with Crippen LogP contribution in [0.15, 0.2) is 18.5 Å². The molecule has 1 saturated carbocycles. The smallest absolute Gasteiger partial charge is 0.224 e. The Morgan fingerprint density at radius 3 is 2.70 bits per heavy atom. The van der Waals surface area contributed by atoms with Gasteiger partial charge in [-0.15, -0.1) is 24.8 Å². The highest BCUT2D eigenvalue weighted by atomic mass is 35.5. The van der Waals surface area contributed by atoms with E-state index in [9.17, 15) is 5.11 Å². The Bertz CT molecular complexity index is 715. The van der Waals surface area contributed by atoms with Crippen molar-refractivity contribution in [2.75, 3.05) is 17.7 Å². The Hall–Kier alpha value is -1.57. The molecule has 0 aliphatic heterocycles. The summed E-state index contributed by atoms with van der Waals surface area (Å²) in [5.41, 5.74) is 7.35. The number of aromatic nitrogens is 4. The summed E-state index contributed by atoms with van der Waals surface area (Å²) in [6, 6.07) is 0.646.